The Hall–Kier alpha value is -2.66. The van der Waals surface area contributed by atoms with E-state index >= 15 is 0 Å². The number of anilines is 1. The van der Waals surface area contributed by atoms with E-state index in [4.69, 9.17) is 5.73 Å². The van der Waals surface area contributed by atoms with Gasteiger partial charge in [0.2, 0.25) is 0 Å². The number of imide groups is 1. The molecule has 25 heavy (non-hydrogen) atoms. The summed E-state index contributed by atoms with van der Waals surface area (Å²) in [5, 5.41) is 3.37. The zero-order valence-electron chi connectivity index (χ0n) is 14.4. The molecule has 1 unspecified atom stereocenters. The van der Waals surface area contributed by atoms with Gasteiger partial charge >= 0.3 is 0 Å². The van der Waals surface area contributed by atoms with Crippen LogP contribution in [0.1, 0.15) is 46.0 Å². The third kappa shape index (κ3) is 3.56. The van der Waals surface area contributed by atoms with Crippen LogP contribution in [-0.2, 0) is 6.42 Å². The number of nitrogen functional groups attached to an aromatic ring is 1. The number of carbonyl (C=O) groups is 2. The van der Waals surface area contributed by atoms with E-state index in [1.807, 2.05) is 25.1 Å². The molecule has 1 atom stereocenters. The van der Waals surface area contributed by atoms with Gasteiger partial charge < -0.3 is 5.73 Å². The quantitative estimate of drug-likeness (QED) is 0.602. The van der Waals surface area contributed by atoms with Crippen molar-refractivity contribution in [3.05, 3.63) is 65.2 Å². The zero-order chi connectivity index (χ0) is 17.8. The summed E-state index contributed by atoms with van der Waals surface area (Å²) in [6.07, 6.45) is 2.13. The third-order valence-electron chi connectivity index (χ3n) is 4.45. The van der Waals surface area contributed by atoms with E-state index in [1.54, 1.807) is 18.2 Å². The Bertz CT molecular complexity index is 774. The molecule has 1 aliphatic heterocycles. The summed E-state index contributed by atoms with van der Waals surface area (Å²) in [4.78, 5) is 26.8. The molecular weight excluding hydrogens is 314 g/mol. The van der Waals surface area contributed by atoms with Gasteiger partial charge in [-0.1, -0.05) is 43.7 Å². The molecule has 0 spiro atoms. The van der Waals surface area contributed by atoms with Gasteiger partial charge in [0.25, 0.3) is 11.8 Å². The van der Waals surface area contributed by atoms with Gasteiger partial charge in [-0.25, -0.2) is 0 Å². The number of rotatable bonds is 7. The fourth-order valence-corrected chi connectivity index (χ4v) is 3.18. The third-order valence-corrected chi connectivity index (χ3v) is 4.45. The minimum atomic E-state index is -0.303. The maximum Gasteiger partial charge on any atom is 0.262 e. The smallest absolute Gasteiger partial charge is 0.262 e. The van der Waals surface area contributed by atoms with Crippen molar-refractivity contribution >= 4 is 17.5 Å². The standard InChI is InChI=1S/C20H23N3O2/c1-2-6-18(22-12-11-14-7-4-3-5-8-14)23-19(24)16-10-9-15(21)13-17(16)20(23)25/h3-5,7-10,13,18,22H,2,6,11-12,21H2,1H3. The summed E-state index contributed by atoms with van der Waals surface area (Å²) < 4.78 is 0. The molecule has 0 radical (unpaired) electrons. The number of amides is 2. The van der Waals surface area contributed by atoms with Crippen molar-refractivity contribution < 1.29 is 9.59 Å². The molecule has 3 N–H and O–H groups in total. The number of nitrogens with one attached hydrogen (secondary N) is 1. The molecule has 0 aromatic heterocycles. The molecule has 2 aromatic carbocycles. The van der Waals surface area contributed by atoms with Crippen molar-refractivity contribution in [2.45, 2.75) is 32.4 Å². The highest BCUT2D eigenvalue weighted by Gasteiger charge is 2.39. The molecule has 0 saturated carbocycles. The molecule has 0 saturated heterocycles. The second-order valence-electron chi connectivity index (χ2n) is 6.28. The van der Waals surface area contributed by atoms with Gasteiger partial charge in [-0.05, 0) is 36.6 Å². The van der Waals surface area contributed by atoms with Crippen molar-refractivity contribution in [1.82, 2.24) is 10.2 Å². The monoisotopic (exact) mass is 337 g/mol. The lowest BCUT2D eigenvalue weighted by molar-refractivity contribution is 0.0543. The highest BCUT2D eigenvalue weighted by Crippen LogP contribution is 2.27. The molecule has 2 amide bonds. The summed E-state index contributed by atoms with van der Waals surface area (Å²) in [6, 6.07) is 15.0. The van der Waals surface area contributed by atoms with Gasteiger partial charge in [-0.3, -0.25) is 19.8 Å². The average molecular weight is 337 g/mol. The molecule has 1 heterocycles. The van der Waals surface area contributed by atoms with E-state index in [-0.39, 0.29) is 18.0 Å². The van der Waals surface area contributed by atoms with E-state index in [1.165, 1.54) is 10.5 Å². The first-order valence-corrected chi connectivity index (χ1v) is 8.66. The van der Waals surface area contributed by atoms with Crippen molar-refractivity contribution in [2.75, 3.05) is 12.3 Å². The van der Waals surface area contributed by atoms with E-state index in [0.29, 0.717) is 23.4 Å². The number of nitrogens with zero attached hydrogens (tertiary/aromatic N) is 1. The highest BCUT2D eigenvalue weighted by molar-refractivity contribution is 6.21. The van der Waals surface area contributed by atoms with Crippen LogP contribution in [0, 0.1) is 0 Å². The molecule has 0 bridgehead atoms. The van der Waals surface area contributed by atoms with Gasteiger partial charge in [-0.2, -0.15) is 0 Å². The van der Waals surface area contributed by atoms with E-state index < -0.39 is 0 Å². The molecule has 5 heteroatoms. The summed E-state index contributed by atoms with van der Waals surface area (Å²) in [7, 11) is 0. The lowest BCUT2D eigenvalue weighted by atomic mass is 10.1. The van der Waals surface area contributed by atoms with Crippen LogP contribution in [0.2, 0.25) is 0 Å². The minimum absolute atomic E-state index is 0.245. The maximum atomic E-state index is 12.7. The van der Waals surface area contributed by atoms with Gasteiger partial charge in [0.05, 0.1) is 17.3 Å². The molecular formula is C20H23N3O2. The largest absolute Gasteiger partial charge is 0.399 e. The summed E-state index contributed by atoms with van der Waals surface area (Å²) in [5.41, 5.74) is 8.31. The van der Waals surface area contributed by atoms with Crippen molar-refractivity contribution in [2.24, 2.45) is 0 Å². The summed E-state index contributed by atoms with van der Waals surface area (Å²) >= 11 is 0. The molecule has 5 nitrogen and oxygen atoms in total. The fraction of sp³-hybridized carbons (Fsp3) is 0.300. The molecule has 0 aliphatic carbocycles. The second kappa shape index (κ2) is 7.49. The van der Waals surface area contributed by atoms with Crippen LogP contribution in [0.5, 0.6) is 0 Å². The average Bonchev–Trinajstić information content (AvgIpc) is 2.85. The van der Waals surface area contributed by atoms with Gasteiger partial charge in [0, 0.05) is 12.2 Å². The van der Waals surface area contributed by atoms with E-state index in [0.717, 1.165) is 19.3 Å². The Balaban J connectivity index is 1.72. The Morgan fingerprint density at radius 3 is 2.48 bits per heavy atom. The summed E-state index contributed by atoms with van der Waals surface area (Å²) in [5.74, 6) is -0.511. The normalized spacial score (nSPS) is 14.7. The Kier molecular flexibility index (Phi) is 5.14. The van der Waals surface area contributed by atoms with Crippen LogP contribution in [0.25, 0.3) is 0 Å². The van der Waals surface area contributed by atoms with Gasteiger partial charge in [0.15, 0.2) is 0 Å². The topological polar surface area (TPSA) is 75.4 Å². The minimum Gasteiger partial charge on any atom is -0.399 e. The van der Waals surface area contributed by atoms with Crippen molar-refractivity contribution in [3.63, 3.8) is 0 Å². The van der Waals surface area contributed by atoms with Gasteiger partial charge in [0.1, 0.15) is 0 Å². The van der Waals surface area contributed by atoms with Crippen LogP contribution in [0.4, 0.5) is 5.69 Å². The van der Waals surface area contributed by atoms with Crippen LogP contribution in [-0.4, -0.2) is 29.4 Å². The lowest BCUT2D eigenvalue weighted by Crippen LogP contribution is -2.49. The van der Waals surface area contributed by atoms with Crippen molar-refractivity contribution in [1.29, 1.82) is 0 Å². The molecule has 2 aromatic rings. The number of fused-ring (bicyclic) bond motifs is 1. The molecule has 3 rings (SSSR count). The van der Waals surface area contributed by atoms with Crippen LogP contribution >= 0.6 is 0 Å². The maximum absolute atomic E-state index is 12.7. The molecule has 0 fully saturated rings. The molecule has 1 aliphatic rings. The fourth-order valence-electron chi connectivity index (χ4n) is 3.18. The first-order chi connectivity index (χ1) is 12.1. The zero-order valence-corrected chi connectivity index (χ0v) is 14.4. The highest BCUT2D eigenvalue weighted by atomic mass is 16.2. The van der Waals surface area contributed by atoms with E-state index in [2.05, 4.69) is 17.4 Å². The first kappa shape index (κ1) is 17.2. The number of hydrogen-bond donors (Lipinski definition) is 2. The number of nitrogens with two attached hydrogens (primary N) is 1. The SMILES string of the molecule is CCCC(NCCc1ccccc1)N1C(=O)c2ccc(N)cc2C1=O. The number of hydrogen-bond acceptors (Lipinski definition) is 4. The lowest BCUT2D eigenvalue weighted by Gasteiger charge is -2.27. The number of benzene rings is 2. The predicted molar refractivity (Wildman–Crippen MR) is 98.2 cm³/mol. The van der Waals surface area contributed by atoms with Crippen LogP contribution < -0.4 is 11.1 Å². The Labute approximate surface area is 147 Å². The second-order valence-corrected chi connectivity index (χ2v) is 6.28. The van der Waals surface area contributed by atoms with Crippen LogP contribution in [0.3, 0.4) is 0 Å². The predicted octanol–water partition coefficient (Wildman–Crippen LogP) is 2.82. The van der Waals surface area contributed by atoms with Gasteiger partial charge in [-0.15, -0.1) is 0 Å². The Morgan fingerprint density at radius 2 is 1.76 bits per heavy atom. The Morgan fingerprint density at radius 1 is 1.04 bits per heavy atom. The van der Waals surface area contributed by atoms with Crippen molar-refractivity contribution in [3.8, 4) is 0 Å². The van der Waals surface area contributed by atoms with Crippen LogP contribution in [0.15, 0.2) is 48.5 Å². The number of carbonyl (C=O) groups excluding carboxylic acids is 2. The molecule has 130 valence electrons. The first-order valence-electron chi connectivity index (χ1n) is 8.66. The van der Waals surface area contributed by atoms with E-state index in [9.17, 15) is 9.59 Å². The summed E-state index contributed by atoms with van der Waals surface area (Å²) in [6.45, 7) is 2.74.